The Morgan fingerprint density at radius 2 is 1.88 bits per heavy atom. The number of likely N-dealkylation sites (tertiary alicyclic amines) is 1. The highest BCUT2D eigenvalue weighted by atomic mass is 19.4. The van der Waals surface area contributed by atoms with Gasteiger partial charge in [-0.05, 0) is 24.6 Å². The van der Waals surface area contributed by atoms with Crippen molar-refractivity contribution in [2.45, 2.75) is 38.2 Å². The Morgan fingerprint density at radius 3 is 2.47 bits per heavy atom. The van der Waals surface area contributed by atoms with E-state index in [1.165, 1.54) is 24.1 Å². The van der Waals surface area contributed by atoms with Crippen molar-refractivity contribution in [3.05, 3.63) is 41.6 Å². The molecule has 2 atom stereocenters. The molecule has 3 rings (SSSR count). The molecule has 1 saturated heterocycles. The number of aryl methyl sites for hydroxylation is 1. The predicted octanol–water partition coefficient (Wildman–Crippen LogP) is 2.55. The van der Waals surface area contributed by atoms with Crippen molar-refractivity contribution in [1.29, 1.82) is 0 Å². The maximum Gasteiger partial charge on any atom is 0.573 e. The number of anilines is 2. The Bertz CT molecular complexity index is 1030. The van der Waals surface area contributed by atoms with Gasteiger partial charge in [0.2, 0.25) is 11.9 Å². The molecule has 2 heterocycles. The standard InChI is InChI=1S/C22H26F3N5O4/c1-13-9-18(29(2)3)28-21(26-13)27-15-11-17(20(32)33-4)30(12-15)19(31)10-14-5-7-16(8-6-14)34-22(23,24)25/h5-9,15,17H,10-12H2,1-4H3,(H,26,27,28)/t15-,17-/m0/s1. The van der Waals surface area contributed by atoms with Crippen LogP contribution in [0.2, 0.25) is 0 Å². The zero-order valence-corrected chi connectivity index (χ0v) is 19.2. The highest BCUT2D eigenvalue weighted by molar-refractivity contribution is 5.86. The molecule has 2 aromatic rings. The Balaban J connectivity index is 1.71. The molecule has 1 fully saturated rings. The van der Waals surface area contributed by atoms with Crippen LogP contribution in [0.25, 0.3) is 0 Å². The van der Waals surface area contributed by atoms with Gasteiger partial charge in [-0.1, -0.05) is 12.1 Å². The number of nitrogens with zero attached hydrogens (tertiary/aromatic N) is 4. The maximum absolute atomic E-state index is 13.0. The van der Waals surface area contributed by atoms with Crippen LogP contribution >= 0.6 is 0 Å². The number of ether oxygens (including phenoxy) is 2. The van der Waals surface area contributed by atoms with E-state index in [9.17, 15) is 22.8 Å². The number of hydrogen-bond donors (Lipinski definition) is 1. The molecule has 12 heteroatoms. The van der Waals surface area contributed by atoms with Crippen molar-refractivity contribution in [3.8, 4) is 5.75 Å². The molecule has 0 bridgehead atoms. The minimum Gasteiger partial charge on any atom is -0.467 e. The summed E-state index contributed by atoms with van der Waals surface area (Å²) >= 11 is 0. The first-order valence-electron chi connectivity index (χ1n) is 10.5. The summed E-state index contributed by atoms with van der Waals surface area (Å²) in [6.07, 6.45) is -4.60. The number of esters is 1. The number of hydrogen-bond acceptors (Lipinski definition) is 8. The molecule has 1 N–H and O–H groups in total. The average molecular weight is 481 g/mol. The number of rotatable bonds is 7. The normalized spacial score (nSPS) is 17.9. The zero-order valence-electron chi connectivity index (χ0n) is 19.2. The maximum atomic E-state index is 13.0. The lowest BCUT2D eigenvalue weighted by molar-refractivity contribution is -0.274. The van der Waals surface area contributed by atoms with Crippen LogP contribution in [0.5, 0.6) is 5.75 Å². The summed E-state index contributed by atoms with van der Waals surface area (Å²) in [5, 5.41) is 3.19. The van der Waals surface area contributed by atoms with Gasteiger partial charge >= 0.3 is 12.3 Å². The molecule has 1 aliphatic rings. The lowest BCUT2D eigenvalue weighted by Gasteiger charge is -2.22. The molecule has 1 aliphatic heterocycles. The van der Waals surface area contributed by atoms with Gasteiger partial charge in [0.1, 0.15) is 17.6 Å². The number of carbonyl (C=O) groups is 2. The molecule has 1 aromatic carbocycles. The van der Waals surface area contributed by atoms with Crippen LogP contribution < -0.4 is 15.0 Å². The molecule has 0 saturated carbocycles. The van der Waals surface area contributed by atoms with Gasteiger partial charge in [-0.3, -0.25) is 4.79 Å². The molecule has 0 spiro atoms. The number of amides is 1. The van der Waals surface area contributed by atoms with E-state index in [0.717, 1.165) is 17.8 Å². The average Bonchev–Trinajstić information content (AvgIpc) is 3.17. The molecule has 9 nitrogen and oxygen atoms in total. The molecule has 1 amide bonds. The highest BCUT2D eigenvalue weighted by Crippen LogP contribution is 2.25. The second kappa shape index (κ2) is 10.1. The molecule has 1 aromatic heterocycles. The molecule has 34 heavy (non-hydrogen) atoms. The third-order valence-electron chi connectivity index (χ3n) is 5.24. The SMILES string of the molecule is COC(=O)[C@@H]1C[C@H](Nc2nc(C)cc(N(C)C)n2)CN1C(=O)Cc1ccc(OC(F)(F)F)cc1. The Morgan fingerprint density at radius 1 is 1.21 bits per heavy atom. The van der Waals surface area contributed by atoms with Gasteiger partial charge in [-0.15, -0.1) is 13.2 Å². The fourth-order valence-corrected chi connectivity index (χ4v) is 3.69. The largest absolute Gasteiger partial charge is 0.573 e. The van der Waals surface area contributed by atoms with E-state index >= 15 is 0 Å². The number of methoxy groups -OCH3 is 1. The third kappa shape index (κ3) is 6.49. The number of carbonyl (C=O) groups excluding carboxylic acids is 2. The van der Waals surface area contributed by atoms with Crippen LogP contribution in [0, 0.1) is 6.92 Å². The summed E-state index contributed by atoms with van der Waals surface area (Å²) in [4.78, 5) is 37.4. The van der Waals surface area contributed by atoms with Crippen LogP contribution in [0.3, 0.4) is 0 Å². The van der Waals surface area contributed by atoms with Crippen molar-refractivity contribution < 1.29 is 32.2 Å². The van der Waals surface area contributed by atoms with E-state index in [2.05, 4.69) is 20.0 Å². The lowest BCUT2D eigenvalue weighted by Crippen LogP contribution is -2.42. The van der Waals surface area contributed by atoms with Crippen molar-refractivity contribution in [3.63, 3.8) is 0 Å². The highest BCUT2D eigenvalue weighted by Gasteiger charge is 2.40. The summed E-state index contributed by atoms with van der Waals surface area (Å²) < 4.78 is 45.7. The van der Waals surface area contributed by atoms with Gasteiger partial charge in [0.05, 0.1) is 13.5 Å². The summed E-state index contributed by atoms with van der Waals surface area (Å²) in [5.74, 6) is -0.193. The fraction of sp³-hybridized carbons (Fsp3) is 0.455. The first kappa shape index (κ1) is 25.1. The summed E-state index contributed by atoms with van der Waals surface area (Å²) in [7, 11) is 4.96. The van der Waals surface area contributed by atoms with Crippen molar-refractivity contribution in [1.82, 2.24) is 14.9 Å². The number of nitrogens with one attached hydrogen (secondary N) is 1. The van der Waals surface area contributed by atoms with Crippen LogP contribution in [-0.4, -0.2) is 72.9 Å². The van der Waals surface area contributed by atoms with E-state index < -0.39 is 18.4 Å². The van der Waals surface area contributed by atoms with Crippen LogP contribution in [-0.2, 0) is 20.7 Å². The Hall–Kier alpha value is -3.57. The van der Waals surface area contributed by atoms with Gasteiger partial charge in [0, 0.05) is 44.9 Å². The fourth-order valence-electron chi connectivity index (χ4n) is 3.69. The van der Waals surface area contributed by atoms with Crippen molar-refractivity contribution in [2.24, 2.45) is 0 Å². The van der Waals surface area contributed by atoms with Crippen LogP contribution in [0.4, 0.5) is 24.9 Å². The van der Waals surface area contributed by atoms with Gasteiger partial charge in [-0.25, -0.2) is 9.78 Å². The quantitative estimate of drug-likeness (QED) is 0.603. The number of aromatic nitrogens is 2. The molecular weight excluding hydrogens is 455 g/mol. The lowest BCUT2D eigenvalue weighted by atomic mass is 10.1. The first-order chi connectivity index (χ1) is 15.9. The van der Waals surface area contributed by atoms with E-state index in [0.29, 0.717) is 23.8 Å². The van der Waals surface area contributed by atoms with E-state index in [-0.39, 0.29) is 30.7 Å². The molecule has 0 unspecified atom stereocenters. The summed E-state index contributed by atoms with van der Waals surface area (Å²) in [6.45, 7) is 2.05. The minimum absolute atomic E-state index is 0.0990. The third-order valence-corrected chi connectivity index (χ3v) is 5.24. The van der Waals surface area contributed by atoms with E-state index in [4.69, 9.17) is 4.74 Å². The smallest absolute Gasteiger partial charge is 0.467 e. The Labute approximate surface area is 194 Å². The summed E-state index contributed by atoms with van der Waals surface area (Å²) in [5.41, 5.74) is 1.24. The summed E-state index contributed by atoms with van der Waals surface area (Å²) in [6, 6.07) is 5.76. The van der Waals surface area contributed by atoms with Gasteiger partial charge in [0.25, 0.3) is 0 Å². The molecule has 0 aliphatic carbocycles. The van der Waals surface area contributed by atoms with Crippen molar-refractivity contribution in [2.75, 3.05) is 38.0 Å². The monoisotopic (exact) mass is 481 g/mol. The molecular formula is C22H26F3N5O4. The minimum atomic E-state index is -4.79. The Kier molecular flexibility index (Phi) is 7.48. The van der Waals surface area contributed by atoms with Crippen LogP contribution in [0.15, 0.2) is 30.3 Å². The van der Waals surface area contributed by atoms with E-state index in [1.807, 2.05) is 32.0 Å². The second-order valence-electron chi connectivity index (χ2n) is 8.12. The van der Waals surface area contributed by atoms with Crippen molar-refractivity contribution >= 4 is 23.6 Å². The predicted molar refractivity (Wildman–Crippen MR) is 117 cm³/mol. The zero-order chi connectivity index (χ0) is 25.0. The molecule has 184 valence electrons. The number of halogens is 3. The van der Waals surface area contributed by atoms with E-state index in [1.54, 1.807) is 0 Å². The number of benzene rings is 1. The first-order valence-corrected chi connectivity index (χ1v) is 10.5. The van der Waals surface area contributed by atoms with Gasteiger partial charge < -0.3 is 24.6 Å². The van der Waals surface area contributed by atoms with Gasteiger partial charge in [-0.2, -0.15) is 4.98 Å². The second-order valence-corrected chi connectivity index (χ2v) is 8.12. The topological polar surface area (TPSA) is 96.9 Å². The number of alkyl halides is 3. The molecule has 0 radical (unpaired) electrons. The van der Waals surface area contributed by atoms with Crippen LogP contribution in [0.1, 0.15) is 17.7 Å². The van der Waals surface area contributed by atoms with Gasteiger partial charge in [0.15, 0.2) is 0 Å².